The number of ether oxygens (including phenoxy) is 1. The molecule has 0 rings (SSSR count). The first-order valence-corrected chi connectivity index (χ1v) is 5.00. The first kappa shape index (κ1) is 17.8. The van der Waals surface area contributed by atoms with Gasteiger partial charge in [0.1, 0.15) is 0 Å². The van der Waals surface area contributed by atoms with Gasteiger partial charge in [0.05, 0.1) is 0 Å². The van der Waals surface area contributed by atoms with E-state index in [1.165, 1.54) is 0 Å². The molecule has 0 aliphatic carbocycles. The minimum absolute atomic E-state index is 0.294. The van der Waals surface area contributed by atoms with Crippen LogP contribution in [-0.2, 0) is 9.53 Å². The molecular formula is C10H12F6O3. The zero-order chi connectivity index (χ0) is 15.6. The van der Waals surface area contributed by atoms with Gasteiger partial charge in [0.2, 0.25) is 0 Å². The topological polar surface area (TPSA) is 46.5 Å². The molecule has 0 heterocycles. The van der Waals surface area contributed by atoms with Gasteiger partial charge in [0, 0.05) is 5.57 Å². The van der Waals surface area contributed by atoms with Crippen LogP contribution >= 0.6 is 0 Å². The number of carbonyl (C=O) groups is 1. The quantitative estimate of drug-likeness (QED) is 0.377. The van der Waals surface area contributed by atoms with E-state index in [0.717, 1.165) is 13.0 Å². The molecule has 0 aromatic rings. The van der Waals surface area contributed by atoms with Crippen LogP contribution in [0.2, 0.25) is 0 Å². The molecule has 112 valence electrons. The lowest BCUT2D eigenvalue weighted by Crippen LogP contribution is -2.59. The Labute approximate surface area is 104 Å². The number of carbonyl (C=O) groups excluding carboxylic acids is 1. The van der Waals surface area contributed by atoms with Crippen molar-refractivity contribution in [3.63, 3.8) is 0 Å². The molecule has 0 aromatic heterocycles. The Morgan fingerprint density at radius 1 is 1.11 bits per heavy atom. The Balaban J connectivity index is 5.35. The zero-order valence-electron chi connectivity index (χ0n) is 10.2. The summed E-state index contributed by atoms with van der Waals surface area (Å²) >= 11 is 0. The fourth-order valence-electron chi connectivity index (χ4n) is 1.06. The molecular weight excluding hydrogens is 282 g/mol. The molecule has 3 nitrogen and oxygen atoms in total. The van der Waals surface area contributed by atoms with E-state index in [1.807, 2.05) is 0 Å². The molecule has 0 atom stereocenters. The SMILES string of the molecule is CC(=CC(C)C)C(=O)OC(O)(C(F)(F)F)C(F)(F)F. The molecule has 0 aliphatic heterocycles. The van der Waals surface area contributed by atoms with Gasteiger partial charge in [-0.05, 0) is 12.8 Å². The largest absolute Gasteiger partial charge is 0.465 e. The summed E-state index contributed by atoms with van der Waals surface area (Å²) in [7, 11) is 0. The zero-order valence-corrected chi connectivity index (χ0v) is 10.2. The van der Waals surface area contributed by atoms with Crippen molar-refractivity contribution in [1.29, 1.82) is 0 Å². The van der Waals surface area contributed by atoms with E-state index in [0.29, 0.717) is 0 Å². The number of halogens is 6. The van der Waals surface area contributed by atoms with Gasteiger partial charge in [0.25, 0.3) is 0 Å². The lowest BCUT2D eigenvalue weighted by molar-refractivity contribution is -0.444. The van der Waals surface area contributed by atoms with Crippen LogP contribution in [0.1, 0.15) is 20.8 Å². The predicted octanol–water partition coefficient (Wildman–Crippen LogP) is 2.95. The first-order chi connectivity index (χ1) is 8.22. The molecule has 0 saturated heterocycles. The van der Waals surface area contributed by atoms with Gasteiger partial charge in [-0.1, -0.05) is 19.9 Å². The van der Waals surface area contributed by atoms with Gasteiger partial charge in [0.15, 0.2) is 0 Å². The van der Waals surface area contributed by atoms with Crippen LogP contribution in [0.25, 0.3) is 0 Å². The number of hydrogen-bond acceptors (Lipinski definition) is 3. The maximum atomic E-state index is 12.2. The molecule has 0 unspecified atom stereocenters. The second kappa shape index (κ2) is 5.40. The number of esters is 1. The summed E-state index contributed by atoms with van der Waals surface area (Å²) < 4.78 is 76.5. The maximum Gasteiger partial charge on any atom is 0.465 e. The van der Waals surface area contributed by atoms with Gasteiger partial charge in [-0.25, -0.2) is 4.79 Å². The van der Waals surface area contributed by atoms with Gasteiger partial charge >= 0.3 is 24.1 Å². The standard InChI is InChI=1S/C10H12F6O3/c1-5(2)4-6(3)7(17)19-8(18,9(11,12)13)10(14,15)16/h4-5,18H,1-3H3. The Hall–Kier alpha value is -1.25. The second-order valence-electron chi connectivity index (χ2n) is 4.12. The number of aliphatic hydroxyl groups is 1. The van der Waals surface area contributed by atoms with E-state index in [9.17, 15) is 31.1 Å². The van der Waals surface area contributed by atoms with Crippen molar-refractivity contribution in [3.8, 4) is 0 Å². The minimum atomic E-state index is -6.20. The van der Waals surface area contributed by atoms with E-state index in [4.69, 9.17) is 5.11 Å². The molecule has 0 fully saturated rings. The lowest BCUT2D eigenvalue weighted by Gasteiger charge is -2.31. The Bertz CT molecular complexity index is 352. The van der Waals surface area contributed by atoms with Crippen LogP contribution in [0.5, 0.6) is 0 Å². The summed E-state index contributed by atoms with van der Waals surface area (Å²) in [5, 5.41) is 8.62. The molecule has 0 aliphatic rings. The van der Waals surface area contributed by atoms with E-state index < -0.39 is 29.7 Å². The third kappa shape index (κ3) is 4.12. The molecule has 1 N–H and O–H groups in total. The van der Waals surface area contributed by atoms with Crippen molar-refractivity contribution < 1.29 is 41.0 Å². The molecule has 0 bridgehead atoms. The fourth-order valence-corrected chi connectivity index (χ4v) is 1.06. The van der Waals surface area contributed by atoms with E-state index in [-0.39, 0.29) is 5.92 Å². The smallest absolute Gasteiger partial charge is 0.412 e. The van der Waals surface area contributed by atoms with Crippen molar-refractivity contribution >= 4 is 5.97 Å². The monoisotopic (exact) mass is 294 g/mol. The number of rotatable bonds is 3. The average Bonchev–Trinajstić information content (AvgIpc) is 2.12. The van der Waals surface area contributed by atoms with Crippen LogP contribution in [-0.4, -0.2) is 29.2 Å². The van der Waals surface area contributed by atoms with Crippen molar-refractivity contribution in [3.05, 3.63) is 11.6 Å². The van der Waals surface area contributed by atoms with Gasteiger partial charge in [-0.15, -0.1) is 0 Å². The Kier molecular flexibility index (Phi) is 5.04. The van der Waals surface area contributed by atoms with Crippen molar-refractivity contribution in [2.24, 2.45) is 5.92 Å². The number of alkyl halides is 6. The molecule has 0 spiro atoms. The predicted molar refractivity (Wildman–Crippen MR) is 51.7 cm³/mol. The van der Waals surface area contributed by atoms with Crippen LogP contribution in [0.15, 0.2) is 11.6 Å². The molecule has 0 saturated carbocycles. The average molecular weight is 294 g/mol. The highest BCUT2D eigenvalue weighted by molar-refractivity contribution is 5.88. The third-order valence-corrected chi connectivity index (χ3v) is 1.91. The molecule has 19 heavy (non-hydrogen) atoms. The van der Waals surface area contributed by atoms with E-state index >= 15 is 0 Å². The molecule has 0 radical (unpaired) electrons. The highest BCUT2D eigenvalue weighted by Crippen LogP contribution is 2.44. The van der Waals surface area contributed by atoms with Crippen molar-refractivity contribution in [2.75, 3.05) is 0 Å². The third-order valence-electron chi connectivity index (χ3n) is 1.91. The summed E-state index contributed by atoms with van der Waals surface area (Å²) in [6.07, 6.45) is -11.3. The normalized spacial score (nSPS) is 14.8. The summed E-state index contributed by atoms with van der Waals surface area (Å²) in [6.45, 7) is 4.09. The highest BCUT2D eigenvalue weighted by Gasteiger charge is 2.74. The second-order valence-corrected chi connectivity index (χ2v) is 4.12. The van der Waals surface area contributed by atoms with E-state index in [1.54, 1.807) is 13.8 Å². The summed E-state index contributed by atoms with van der Waals surface area (Å²) in [5.74, 6) is -7.72. The van der Waals surface area contributed by atoms with Crippen LogP contribution in [0, 0.1) is 5.92 Å². The Morgan fingerprint density at radius 2 is 1.47 bits per heavy atom. The van der Waals surface area contributed by atoms with Crippen LogP contribution in [0.3, 0.4) is 0 Å². The van der Waals surface area contributed by atoms with Crippen LogP contribution < -0.4 is 0 Å². The first-order valence-electron chi connectivity index (χ1n) is 5.00. The summed E-state index contributed by atoms with van der Waals surface area (Å²) in [6, 6.07) is 0. The molecule has 0 amide bonds. The molecule has 9 heteroatoms. The maximum absolute atomic E-state index is 12.2. The van der Waals surface area contributed by atoms with Crippen molar-refractivity contribution in [2.45, 2.75) is 38.9 Å². The van der Waals surface area contributed by atoms with E-state index in [2.05, 4.69) is 4.74 Å². The lowest BCUT2D eigenvalue weighted by atomic mass is 10.1. The highest BCUT2D eigenvalue weighted by atomic mass is 19.4. The Morgan fingerprint density at radius 3 is 1.74 bits per heavy atom. The summed E-state index contributed by atoms with van der Waals surface area (Å²) in [4.78, 5) is 11.1. The number of hydrogen-bond donors (Lipinski definition) is 1. The summed E-state index contributed by atoms with van der Waals surface area (Å²) in [5.41, 5.74) is -0.470. The van der Waals surface area contributed by atoms with Gasteiger partial charge in [-0.2, -0.15) is 26.3 Å². The van der Waals surface area contributed by atoms with Gasteiger partial charge < -0.3 is 9.84 Å². The fraction of sp³-hybridized carbons (Fsp3) is 0.700. The van der Waals surface area contributed by atoms with Crippen LogP contribution in [0.4, 0.5) is 26.3 Å². The molecule has 0 aromatic carbocycles. The number of allylic oxidation sites excluding steroid dienone is 1. The van der Waals surface area contributed by atoms with Gasteiger partial charge in [-0.3, -0.25) is 0 Å². The minimum Gasteiger partial charge on any atom is -0.412 e. The van der Waals surface area contributed by atoms with Crippen molar-refractivity contribution in [1.82, 2.24) is 0 Å².